The van der Waals surface area contributed by atoms with Crippen molar-refractivity contribution in [3.63, 3.8) is 0 Å². The largest absolute Gasteiger partial charge is 0.496 e. The van der Waals surface area contributed by atoms with E-state index in [9.17, 15) is 9.90 Å². The summed E-state index contributed by atoms with van der Waals surface area (Å²) in [6.07, 6.45) is 1.65. The lowest BCUT2D eigenvalue weighted by Crippen LogP contribution is -2.34. The van der Waals surface area contributed by atoms with Crippen LogP contribution in [0.3, 0.4) is 0 Å². The molecule has 0 aliphatic heterocycles. The van der Waals surface area contributed by atoms with Crippen LogP contribution in [0.25, 0.3) is 0 Å². The molecule has 3 rings (SSSR count). The number of carboxylic acids is 1. The lowest BCUT2D eigenvalue weighted by atomic mass is 9.78. The van der Waals surface area contributed by atoms with E-state index < -0.39 is 11.4 Å². The number of carbonyl (C=O) groups is 1. The molecule has 1 N–H and O–H groups in total. The Hall–Kier alpha value is -2.29. The van der Waals surface area contributed by atoms with Crippen LogP contribution in [0, 0.1) is 5.41 Å². The average molecular weight is 282 g/mol. The van der Waals surface area contributed by atoms with E-state index in [-0.39, 0.29) is 0 Å². The SMILES string of the molecule is COc1ccccc1CC1(C(=O)O)Cc2ccccc2C1. The van der Waals surface area contributed by atoms with Crippen molar-refractivity contribution in [1.29, 1.82) is 0 Å². The highest BCUT2D eigenvalue weighted by atomic mass is 16.5. The number of carboxylic acid groups (broad SMARTS) is 1. The minimum atomic E-state index is -0.766. The summed E-state index contributed by atoms with van der Waals surface area (Å²) in [5, 5.41) is 9.82. The summed E-state index contributed by atoms with van der Waals surface area (Å²) in [7, 11) is 1.62. The average Bonchev–Trinajstić information content (AvgIpc) is 2.87. The van der Waals surface area contributed by atoms with E-state index in [0.29, 0.717) is 19.3 Å². The third-order valence-electron chi connectivity index (χ3n) is 4.35. The number of para-hydroxylation sites is 1. The van der Waals surface area contributed by atoms with Gasteiger partial charge in [0.25, 0.3) is 0 Å². The van der Waals surface area contributed by atoms with Crippen molar-refractivity contribution in [2.75, 3.05) is 7.11 Å². The van der Waals surface area contributed by atoms with Gasteiger partial charge in [-0.1, -0.05) is 42.5 Å². The quantitative estimate of drug-likeness (QED) is 0.937. The molecule has 0 spiro atoms. The molecule has 2 aromatic rings. The van der Waals surface area contributed by atoms with Crippen molar-refractivity contribution in [2.45, 2.75) is 19.3 Å². The summed E-state index contributed by atoms with van der Waals surface area (Å²) in [6, 6.07) is 15.7. The smallest absolute Gasteiger partial charge is 0.310 e. The molecule has 1 aliphatic rings. The molecule has 0 radical (unpaired) electrons. The third kappa shape index (κ3) is 2.40. The molecule has 0 atom stereocenters. The maximum absolute atomic E-state index is 12.0. The van der Waals surface area contributed by atoms with Crippen LogP contribution in [0.4, 0.5) is 0 Å². The molecule has 21 heavy (non-hydrogen) atoms. The topological polar surface area (TPSA) is 46.5 Å². The van der Waals surface area contributed by atoms with Gasteiger partial charge in [0.05, 0.1) is 12.5 Å². The molecule has 0 saturated heterocycles. The van der Waals surface area contributed by atoms with Crippen LogP contribution in [0.1, 0.15) is 16.7 Å². The minimum absolute atomic E-state index is 0.487. The Morgan fingerprint density at radius 2 is 1.67 bits per heavy atom. The van der Waals surface area contributed by atoms with Crippen molar-refractivity contribution in [1.82, 2.24) is 0 Å². The first kappa shape index (κ1) is 13.7. The molecule has 3 heteroatoms. The van der Waals surface area contributed by atoms with Crippen LogP contribution in [0.5, 0.6) is 5.75 Å². The van der Waals surface area contributed by atoms with Gasteiger partial charge in [-0.2, -0.15) is 0 Å². The van der Waals surface area contributed by atoms with Crippen molar-refractivity contribution in [3.8, 4) is 5.75 Å². The van der Waals surface area contributed by atoms with Crippen LogP contribution < -0.4 is 4.74 Å². The number of hydrogen-bond acceptors (Lipinski definition) is 2. The minimum Gasteiger partial charge on any atom is -0.496 e. The van der Waals surface area contributed by atoms with Crippen molar-refractivity contribution in [3.05, 3.63) is 65.2 Å². The van der Waals surface area contributed by atoms with Crippen LogP contribution >= 0.6 is 0 Å². The second-order valence-corrected chi connectivity index (χ2v) is 5.70. The lowest BCUT2D eigenvalue weighted by molar-refractivity contribution is -0.148. The standard InChI is InChI=1S/C18H18O3/c1-21-16-9-5-4-8-15(16)12-18(17(19)20)10-13-6-2-3-7-14(13)11-18/h2-9H,10-12H2,1H3,(H,19,20). The molecule has 0 aromatic heterocycles. The van der Waals surface area contributed by atoms with Crippen molar-refractivity contribution in [2.24, 2.45) is 5.41 Å². The molecular formula is C18H18O3. The first-order valence-corrected chi connectivity index (χ1v) is 7.07. The third-order valence-corrected chi connectivity index (χ3v) is 4.35. The monoisotopic (exact) mass is 282 g/mol. The molecule has 0 heterocycles. The van der Waals surface area contributed by atoms with Crippen LogP contribution in [0.15, 0.2) is 48.5 Å². The van der Waals surface area contributed by atoms with E-state index in [2.05, 4.69) is 0 Å². The van der Waals surface area contributed by atoms with Gasteiger partial charge in [-0.25, -0.2) is 0 Å². The van der Waals surface area contributed by atoms with Gasteiger partial charge in [-0.3, -0.25) is 4.79 Å². The van der Waals surface area contributed by atoms with Gasteiger partial charge in [-0.15, -0.1) is 0 Å². The molecule has 0 unspecified atom stereocenters. The summed E-state index contributed by atoms with van der Waals surface area (Å²) in [6.45, 7) is 0. The van der Waals surface area contributed by atoms with Gasteiger partial charge in [-0.05, 0) is 42.0 Å². The Kier molecular flexibility index (Phi) is 3.42. The van der Waals surface area contributed by atoms with E-state index in [1.807, 2.05) is 48.5 Å². The fourth-order valence-electron chi connectivity index (χ4n) is 3.26. The molecule has 0 saturated carbocycles. The Bertz CT molecular complexity index is 651. The maximum atomic E-state index is 12.0. The van der Waals surface area contributed by atoms with Gasteiger partial charge in [0.1, 0.15) is 5.75 Å². The summed E-state index contributed by atoms with van der Waals surface area (Å²) in [5.41, 5.74) is 2.48. The van der Waals surface area contributed by atoms with Gasteiger partial charge in [0.2, 0.25) is 0 Å². The lowest BCUT2D eigenvalue weighted by Gasteiger charge is -2.24. The number of aliphatic carboxylic acids is 1. The number of methoxy groups -OCH3 is 1. The van der Waals surface area contributed by atoms with Crippen LogP contribution in [-0.4, -0.2) is 18.2 Å². The fourth-order valence-corrected chi connectivity index (χ4v) is 3.26. The Labute approximate surface area is 124 Å². The molecule has 3 nitrogen and oxygen atoms in total. The van der Waals surface area contributed by atoms with Crippen LogP contribution in [0.2, 0.25) is 0 Å². The highest BCUT2D eigenvalue weighted by Gasteiger charge is 2.44. The fraction of sp³-hybridized carbons (Fsp3) is 0.278. The zero-order chi connectivity index (χ0) is 14.9. The summed E-state index contributed by atoms with van der Waals surface area (Å²) < 4.78 is 5.36. The molecule has 0 bridgehead atoms. The zero-order valence-corrected chi connectivity index (χ0v) is 12.0. The highest BCUT2D eigenvalue weighted by Crippen LogP contribution is 2.41. The molecule has 108 valence electrons. The van der Waals surface area contributed by atoms with E-state index in [4.69, 9.17) is 4.74 Å². The second kappa shape index (κ2) is 5.24. The number of fused-ring (bicyclic) bond motifs is 1. The molecule has 2 aromatic carbocycles. The number of rotatable bonds is 4. The highest BCUT2D eigenvalue weighted by molar-refractivity contribution is 5.77. The number of hydrogen-bond donors (Lipinski definition) is 1. The van der Waals surface area contributed by atoms with Gasteiger partial charge in [0, 0.05) is 0 Å². The summed E-state index contributed by atoms with van der Waals surface area (Å²) in [5.74, 6) is 0.0266. The summed E-state index contributed by atoms with van der Waals surface area (Å²) >= 11 is 0. The van der Waals surface area contributed by atoms with Crippen molar-refractivity contribution < 1.29 is 14.6 Å². The maximum Gasteiger partial charge on any atom is 0.310 e. The first-order chi connectivity index (χ1) is 10.1. The Morgan fingerprint density at radius 3 is 2.24 bits per heavy atom. The second-order valence-electron chi connectivity index (χ2n) is 5.70. The van der Waals surface area contributed by atoms with E-state index in [0.717, 1.165) is 22.4 Å². The van der Waals surface area contributed by atoms with Crippen molar-refractivity contribution >= 4 is 5.97 Å². The molecule has 0 fully saturated rings. The molecule has 0 amide bonds. The van der Waals surface area contributed by atoms with E-state index >= 15 is 0 Å². The van der Waals surface area contributed by atoms with E-state index in [1.54, 1.807) is 7.11 Å². The predicted octanol–water partition coefficient (Wildman–Crippen LogP) is 3.11. The summed E-state index contributed by atoms with van der Waals surface area (Å²) in [4.78, 5) is 12.0. The van der Waals surface area contributed by atoms with Gasteiger partial charge >= 0.3 is 5.97 Å². The van der Waals surface area contributed by atoms with Gasteiger partial charge < -0.3 is 9.84 Å². The number of benzene rings is 2. The van der Waals surface area contributed by atoms with Crippen LogP contribution in [-0.2, 0) is 24.1 Å². The first-order valence-electron chi connectivity index (χ1n) is 7.07. The Balaban J connectivity index is 1.96. The zero-order valence-electron chi connectivity index (χ0n) is 12.0. The Morgan fingerprint density at radius 1 is 1.10 bits per heavy atom. The molecule has 1 aliphatic carbocycles. The van der Waals surface area contributed by atoms with E-state index in [1.165, 1.54) is 0 Å². The number of ether oxygens (including phenoxy) is 1. The van der Waals surface area contributed by atoms with Gasteiger partial charge in [0.15, 0.2) is 0 Å². The normalized spacial score (nSPS) is 15.5. The molecular weight excluding hydrogens is 264 g/mol. The predicted molar refractivity (Wildman–Crippen MR) is 80.6 cm³/mol.